The lowest BCUT2D eigenvalue weighted by atomic mass is 10.0. The minimum Gasteiger partial charge on any atom is -0.392 e. The maximum Gasteiger partial charge on any atom is 0.123 e. The van der Waals surface area contributed by atoms with Crippen molar-refractivity contribution in [1.82, 2.24) is 4.90 Å². The van der Waals surface area contributed by atoms with Crippen LogP contribution in [-0.2, 0) is 6.54 Å². The Labute approximate surface area is 107 Å². The van der Waals surface area contributed by atoms with Gasteiger partial charge in [0, 0.05) is 6.54 Å². The normalized spacial score (nSPS) is 21.4. The van der Waals surface area contributed by atoms with E-state index in [1.165, 1.54) is 12.5 Å². The lowest BCUT2D eigenvalue weighted by molar-refractivity contribution is 0.184. The van der Waals surface area contributed by atoms with E-state index in [4.69, 9.17) is 18.0 Å². The Balaban J connectivity index is 2.08. The van der Waals surface area contributed by atoms with Crippen molar-refractivity contribution in [3.05, 3.63) is 35.6 Å². The average molecular weight is 252 g/mol. The summed E-state index contributed by atoms with van der Waals surface area (Å²) < 4.78 is 13.1. The maximum atomic E-state index is 13.1. The topological polar surface area (TPSA) is 29.3 Å². The molecule has 17 heavy (non-hydrogen) atoms. The fourth-order valence-corrected chi connectivity index (χ4v) is 2.64. The van der Waals surface area contributed by atoms with E-state index in [9.17, 15) is 4.39 Å². The van der Waals surface area contributed by atoms with Crippen molar-refractivity contribution in [2.75, 3.05) is 6.54 Å². The SMILES string of the molecule is NC(=S)C1CCCCN1Cc1cccc(F)c1. The molecule has 1 heterocycles. The van der Waals surface area contributed by atoms with E-state index in [1.54, 1.807) is 12.1 Å². The van der Waals surface area contributed by atoms with Crippen molar-refractivity contribution in [2.24, 2.45) is 5.73 Å². The van der Waals surface area contributed by atoms with Gasteiger partial charge in [-0.05, 0) is 37.1 Å². The summed E-state index contributed by atoms with van der Waals surface area (Å²) in [5.74, 6) is -0.189. The molecular weight excluding hydrogens is 235 g/mol. The number of nitrogens with two attached hydrogens (primary N) is 1. The van der Waals surface area contributed by atoms with Crippen LogP contribution in [0.1, 0.15) is 24.8 Å². The Hall–Kier alpha value is -1.00. The first kappa shape index (κ1) is 12.5. The Morgan fingerprint density at radius 2 is 2.29 bits per heavy atom. The van der Waals surface area contributed by atoms with Crippen LogP contribution < -0.4 is 5.73 Å². The summed E-state index contributed by atoms with van der Waals surface area (Å²) in [5.41, 5.74) is 6.74. The predicted molar refractivity (Wildman–Crippen MR) is 71.2 cm³/mol. The van der Waals surface area contributed by atoms with E-state index in [0.717, 1.165) is 31.5 Å². The second-order valence-corrected chi connectivity index (χ2v) is 4.99. The van der Waals surface area contributed by atoms with Crippen molar-refractivity contribution in [3.8, 4) is 0 Å². The summed E-state index contributed by atoms with van der Waals surface area (Å²) >= 11 is 5.10. The first-order chi connectivity index (χ1) is 8.16. The molecule has 0 spiro atoms. The molecule has 1 atom stereocenters. The summed E-state index contributed by atoms with van der Waals surface area (Å²) in [5, 5.41) is 0. The fourth-order valence-electron chi connectivity index (χ4n) is 2.37. The number of thiocarbonyl (C=S) groups is 1. The van der Waals surface area contributed by atoms with Gasteiger partial charge in [-0.2, -0.15) is 0 Å². The summed E-state index contributed by atoms with van der Waals surface area (Å²) in [6.45, 7) is 1.71. The molecule has 0 aromatic heterocycles. The molecule has 1 fully saturated rings. The molecule has 1 aromatic carbocycles. The lowest BCUT2D eigenvalue weighted by Gasteiger charge is -2.35. The molecule has 4 heteroatoms. The molecule has 0 radical (unpaired) electrons. The molecular formula is C13H17FN2S. The van der Waals surface area contributed by atoms with E-state index in [0.29, 0.717) is 4.99 Å². The van der Waals surface area contributed by atoms with Gasteiger partial charge < -0.3 is 5.73 Å². The molecule has 0 aliphatic carbocycles. The van der Waals surface area contributed by atoms with Crippen LogP contribution in [0, 0.1) is 5.82 Å². The molecule has 1 saturated heterocycles. The van der Waals surface area contributed by atoms with Crippen LogP contribution in [0.4, 0.5) is 4.39 Å². The van der Waals surface area contributed by atoms with E-state index in [1.807, 2.05) is 6.07 Å². The van der Waals surface area contributed by atoms with Crippen molar-refractivity contribution < 1.29 is 4.39 Å². The number of hydrogen-bond acceptors (Lipinski definition) is 2. The van der Waals surface area contributed by atoms with E-state index < -0.39 is 0 Å². The van der Waals surface area contributed by atoms with Crippen LogP contribution in [-0.4, -0.2) is 22.5 Å². The fraction of sp³-hybridized carbons (Fsp3) is 0.462. The highest BCUT2D eigenvalue weighted by Crippen LogP contribution is 2.20. The molecule has 2 nitrogen and oxygen atoms in total. The molecule has 0 saturated carbocycles. The van der Waals surface area contributed by atoms with E-state index >= 15 is 0 Å². The minimum absolute atomic E-state index is 0.169. The molecule has 0 amide bonds. The van der Waals surface area contributed by atoms with Crippen LogP contribution in [0.25, 0.3) is 0 Å². The summed E-state index contributed by atoms with van der Waals surface area (Å²) in [7, 11) is 0. The van der Waals surface area contributed by atoms with Gasteiger partial charge in [0.1, 0.15) is 5.82 Å². The third kappa shape index (κ3) is 3.23. The van der Waals surface area contributed by atoms with Crippen molar-refractivity contribution in [2.45, 2.75) is 31.8 Å². The van der Waals surface area contributed by atoms with Gasteiger partial charge in [0.05, 0.1) is 11.0 Å². The van der Waals surface area contributed by atoms with Gasteiger partial charge in [-0.3, -0.25) is 4.90 Å². The largest absolute Gasteiger partial charge is 0.392 e. The number of benzene rings is 1. The molecule has 2 rings (SSSR count). The number of rotatable bonds is 3. The smallest absolute Gasteiger partial charge is 0.123 e. The lowest BCUT2D eigenvalue weighted by Crippen LogP contribution is -2.46. The third-order valence-corrected chi connectivity index (χ3v) is 3.49. The predicted octanol–water partition coefficient (Wildman–Crippen LogP) is 2.47. The van der Waals surface area contributed by atoms with Gasteiger partial charge in [0.15, 0.2) is 0 Å². The summed E-state index contributed by atoms with van der Waals surface area (Å²) in [4.78, 5) is 2.81. The molecule has 1 aromatic rings. The van der Waals surface area contributed by atoms with Crippen molar-refractivity contribution in [1.29, 1.82) is 0 Å². The van der Waals surface area contributed by atoms with Crippen LogP contribution in [0.3, 0.4) is 0 Å². The Morgan fingerprint density at radius 3 is 3.00 bits per heavy atom. The van der Waals surface area contributed by atoms with Crippen LogP contribution >= 0.6 is 12.2 Å². The zero-order valence-electron chi connectivity index (χ0n) is 9.73. The number of nitrogens with zero attached hydrogens (tertiary/aromatic N) is 1. The third-order valence-electron chi connectivity index (χ3n) is 3.22. The monoisotopic (exact) mass is 252 g/mol. The average Bonchev–Trinajstić information content (AvgIpc) is 2.29. The first-order valence-corrected chi connectivity index (χ1v) is 6.35. The van der Waals surface area contributed by atoms with Gasteiger partial charge in [0.25, 0.3) is 0 Å². The molecule has 1 aliphatic heterocycles. The second kappa shape index (κ2) is 5.56. The maximum absolute atomic E-state index is 13.1. The number of likely N-dealkylation sites (tertiary alicyclic amines) is 1. The number of hydrogen-bond donors (Lipinski definition) is 1. The molecule has 92 valence electrons. The quantitative estimate of drug-likeness (QED) is 0.838. The highest BCUT2D eigenvalue weighted by atomic mass is 32.1. The van der Waals surface area contributed by atoms with Crippen molar-refractivity contribution in [3.63, 3.8) is 0 Å². The summed E-state index contributed by atoms with van der Waals surface area (Å²) in [6, 6.07) is 6.89. The summed E-state index contributed by atoms with van der Waals surface area (Å²) in [6.07, 6.45) is 3.35. The Bertz CT molecular complexity index is 408. The van der Waals surface area contributed by atoms with Crippen LogP contribution in [0.5, 0.6) is 0 Å². The van der Waals surface area contributed by atoms with Crippen LogP contribution in [0.2, 0.25) is 0 Å². The highest BCUT2D eigenvalue weighted by Gasteiger charge is 2.24. The number of piperidine rings is 1. The number of halogens is 1. The van der Waals surface area contributed by atoms with Crippen molar-refractivity contribution >= 4 is 17.2 Å². The van der Waals surface area contributed by atoms with Crippen LogP contribution in [0.15, 0.2) is 24.3 Å². The standard InChI is InChI=1S/C13H17FN2S/c14-11-5-3-4-10(8-11)9-16-7-2-1-6-12(16)13(15)17/h3-5,8,12H,1-2,6-7,9H2,(H2,15,17). The zero-order valence-corrected chi connectivity index (χ0v) is 10.5. The zero-order chi connectivity index (χ0) is 12.3. The van der Waals surface area contributed by atoms with Gasteiger partial charge in [-0.1, -0.05) is 30.8 Å². The van der Waals surface area contributed by atoms with Gasteiger partial charge in [-0.15, -0.1) is 0 Å². The molecule has 1 unspecified atom stereocenters. The Kier molecular flexibility index (Phi) is 4.07. The van der Waals surface area contributed by atoms with Gasteiger partial charge in [-0.25, -0.2) is 4.39 Å². The molecule has 2 N–H and O–H groups in total. The van der Waals surface area contributed by atoms with Gasteiger partial charge >= 0.3 is 0 Å². The molecule has 1 aliphatic rings. The van der Waals surface area contributed by atoms with E-state index in [2.05, 4.69) is 4.90 Å². The minimum atomic E-state index is -0.189. The first-order valence-electron chi connectivity index (χ1n) is 5.94. The Morgan fingerprint density at radius 1 is 1.47 bits per heavy atom. The van der Waals surface area contributed by atoms with E-state index in [-0.39, 0.29) is 11.9 Å². The van der Waals surface area contributed by atoms with Gasteiger partial charge in [0.2, 0.25) is 0 Å². The highest BCUT2D eigenvalue weighted by molar-refractivity contribution is 7.80. The molecule has 0 bridgehead atoms. The second-order valence-electron chi connectivity index (χ2n) is 4.51.